The predicted octanol–water partition coefficient (Wildman–Crippen LogP) is 1.64. The lowest BCUT2D eigenvalue weighted by Gasteiger charge is -2.15. The molecule has 0 aliphatic heterocycles. The average molecular weight is 330 g/mol. The molecule has 0 saturated heterocycles. The Bertz CT molecular complexity index is 479. The van der Waals surface area contributed by atoms with E-state index >= 15 is 0 Å². The molecular formula is C12H16BrN3O3. The average Bonchev–Trinajstić information content (AvgIpc) is 2.32. The van der Waals surface area contributed by atoms with Crippen molar-refractivity contribution in [2.75, 3.05) is 12.3 Å². The Morgan fingerprint density at radius 2 is 2.16 bits per heavy atom. The quantitative estimate of drug-likeness (QED) is 0.732. The lowest BCUT2D eigenvalue weighted by Crippen LogP contribution is -2.45. The topological polar surface area (TPSA) is 93.5 Å². The fourth-order valence-electron chi connectivity index (χ4n) is 1.29. The van der Waals surface area contributed by atoms with E-state index in [9.17, 15) is 9.59 Å². The van der Waals surface area contributed by atoms with Crippen LogP contribution in [-0.4, -0.2) is 24.6 Å². The third-order valence-corrected chi connectivity index (χ3v) is 2.71. The van der Waals surface area contributed by atoms with Crippen molar-refractivity contribution in [2.24, 2.45) is 0 Å². The van der Waals surface area contributed by atoms with Crippen LogP contribution in [0.15, 0.2) is 22.7 Å². The minimum Gasteiger partial charge on any atom is -0.479 e. The molecule has 4 N–H and O–H groups in total. The third kappa shape index (κ3) is 4.78. The molecule has 3 amide bonds. The summed E-state index contributed by atoms with van der Waals surface area (Å²) in [5.41, 5.74) is 6.16. The first-order chi connectivity index (χ1) is 8.93. The highest BCUT2D eigenvalue weighted by molar-refractivity contribution is 9.10. The number of halogens is 1. The molecule has 0 spiro atoms. The van der Waals surface area contributed by atoms with E-state index < -0.39 is 18.0 Å². The summed E-state index contributed by atoms with van der Waals surface area (Å²) >= 11 is 3.27. The van der Waals surface area contributed by atoms with Crippen molar-refractivity contribution < 1.29 is 14.3 Å². The van der Waals surface area contributed by atoms with Crippen LogP contribution in [0.25, 0.3) is 0 Å². The first-order valence-electron chi connectivity index (χ1n) is 5.74. The van der Waals surface area contributed by atoms with Gasteiger partial charge < -0.3 is 15.8 Å². The summed E-state index contributed by atoms with van der Waals surface area (Å²) in [5, 5.41) is 4.62. The number of ether oxygens (including phenoxy) is 1. The maximum Gasteiger partial charge on any atom is 0.321 e. The van der Waals surface area contributed by atoms with Crippen LogP contribution in [-0.2, 0) is 4.79 Å². The Kier molecular flexibility index (Phi) is 5.62. The minimum absolute atomic E-state index is 0.391. The molecule has 0 aromatic heterocycles. The fraction of sp³-hybridized carbons (Fsp3) is 0.333. The lowest BCUT2D eigenvalue weighted by atomic mass is 10.3. The van der Waals surface area contributed by atoms with E-state index in [1.807, 2.05) is 0 Å². The molecule has 1 unspecified atom stereocenters. The van der Waals surface area contributed by atoms with E-state index in [2.05, 4.69) is 26.6 Å². The van der Waals surface area contributed by atoms with Crippen LogP contribution in [0.2, 0.25) is 0 Å². The number of nitrogens with two attached hydrogens (primary N) is 1. The lowest BCUT2D eigenvalue weighted by molar-refractivity contribution is -0.126. The number of nitrogen functional groups attached to an aromatic ring is 1. The third-order valence-electron chi connectivity index (χ3n) is 2.22. The molecule has 0 aliphatic carbocycles. The molecule has 0 fully saturated rings. The SMILES string of the molecule is CCNC(=O)NC(=O)C(C)Oc1ccc(Br)cc1N. The Morgan fingerprint density at radius 3 is 2.74 bits per heavy atom. The second-order valence-electron chi connectivity index (χ2n) is 3.79. The molecule has 7 heteroatoms. The molecular weight excluding hydrogens is 314 g/mol. The summed E-state index contributed by atoms with van der Waals surface area (Å²) in [6.07, 6.45) is -0.828. The number of carbonyl (C=O) groups is 2. The van der Waals surface area contributed by atoms with Crippen molar-refractivity contribution >= 4 is 33.6 Å². The standard InChI is InChI=1S/C12H16BrN3O3/c1-3-15-12(18)16-11(17)7(2)19-10-5-4-8(13)6-9(10)14/h4-7H,3,14H2,1-2H3,(H2,15,16,17,18). The number of rotatable bonds is 4. The number of amides is 3. The molecule has 1 atom stereocenters. The molecule has 0 aliphatic rings. The predicted molar refractivity (Wildman–Crippen MR) is 75.9 cm³/mol. The number of anilines is 1. The second-order valence-corrected chi connectivity index (χ2v) is 4.71. The van der Waals surface area contributed by atoms with Crippen LogP contribution in [0.1, 0.15) is 13.8 Å². The number of carbonyl (C=O) groups excluding carboxylic acids is 2. The van der Waals surface area contributed by atoms with Gasteiger partial charge in [0.15, 0.2) is 6.10 Å². The van der Waals surface area contributed by atoms with Crippen LogP contribution < -0.4 is 21.1 Å². The maximum atomic E-state index is 11.7. The highest BCUT2D eigenvalue weighted by atomic mass is 79.9. The highest BCUT2D eigenvalue weighted by Crippen LogP contribution is 2.26. The number of hydrogen-bond acceptors (Lipinski definition) is 4. The molecule has 6 nitrogen and oxygen atoms in total. The van der Waals surface area contributed by atoms with E-state index in [1.165, 1.54) is 6.92 Å². The van der Waals surface area contributed by atoms with Gasteiger partial charge in [-0.3, -0.25) is 10.1 Å². The summed E-state index contributed by atoms with van der Waals surface area (Å²) in [5.74, 6) is -0.144. The maximum absolute atomic E-state index is 11.7. The zero-order valence-electron chi connectivity index (χ0n) is 10.7. The molecule has 19 heavy (non-hydrogen) atoms. The Morgan fingerprint density at radius 1 is 1.47 bits per heavy atom. The van der Waals surface area contributed by atoms with Gasteiger partial charge in [0.05, 0.1) is 5.69 Å². The smallest absolute Gasteiger partial charge is 0.321 e. The Hall–Kier alpha value is -1.76. The Labute approximate surface area is 119 Å². The molecule has 0 radical (unpaired) electrons. The van der Waals surface area contributed by atoms with Crippen LogP contribution >= 0.6 is 15.9 Å². The van der Waals surface area contributed by atoms with Gasteiger partial charge in [-0.05, 0) is 32.0 Å². The number of imide groups is 1. The van der Waals surface area contributed by atoms with Crippen molar-refractivity contribution in [2.45, 2.75) is 20.0 Å². The number of urea groups is 1. The van der Waals surface area contributed by atoms with E-state index in [-0.39, 0.29) is 0 Å². The normalized spacial score (nSPS) is 11.5. The summed E-state index contributed by atoms with van der Waals surface area (Å²) in [6.45, 7) is 3.73. The van der Waals surface area contributed by atoms with Crippen molar-refractivity contribution in [3.05, 3.63) is 22.7 Å². The first kappa shape index (κ1) is 15.3. The van der Waals surface area contributed by atoms with E-state index in [0.717, 1.165) is 4.47 Å². The molecule has 1 aromatic carbocycles. The largest absolute Gasteiger partial charge is 0.479 e. The summed E-state index contributed by atoms with van der Waals surface area (Å²) in [6, 6.07) is 4.52. The molecule has 0 bridgehead atoms. The van der Waals surface area contributed by atoms with Gasteiger partial charge >= 0.3 is 6.03 Å². The number of hydrogen-bond donors (Lipinski definition) is 3. The van der Waals surface area contributed by atoms with E-state index in [4.69, 9.17) is 10.5 Å². The second kappa shape index (κ2) is 6.98. The molecule has 1 rings (SSSR count). The van der Waals surface area contributed by atoms with Crippen molar-refractivity contribution in [1.82, 2.24) is 10.6 Å². The minimum atomic E-state index is -0.828. The van der Waals surface area contributed by atoms with Crippen LogP contribution in [0, 0.1) is 0 Å². The number of benzene rings is 1. The van der Waals surface area contributed by atoms with Gasteiger partial charge in [-0.15, -0.1) is 0 Å². The van der Waals surface area contributed by atoms with Gasteiger partial charge in [0, 0.05) is 11.0 Å². The highest BCUT2D eigenvalue weighted by Gasteiger charge is 2.18. The molecule has 0 heterocycles. The van der Waals surface area contributed by atoms with Crippen molar-refractivity contribution in [3.63, 3.8) is 0 Å². The van der Waals surface area contributed by atoms with Gasteiger partial charge in [-0.25, -0.2) is 4.79 Å². The van der Waals surface area contributed by atoms with Crippen LogP contribution in [0.5, 0.6) is 5.75 Å². The van der Waals surface area contributed by atoms with Crippen LogP contribution in [0.4, 0.5) is 10.5 Å². The molecule has 104 valence electrons. The van der Waals surface area contributed by atoms with Gasteiger partial charge in [-0.1, -0.05) is 15.9 Å². The van der Waals surface area contributed by atoms with Gasteiger partial charge in [0.25, 0.3) is 5.91 Å². The van der Waals surface area contributed by atoms with Crippen LogP contribution in [0.3, 0.4) is 0 Å². The van der Waals surface area contributed by atoms with Crippen molar-refractivity contribution in [1.29, 1.82) is 0 Å². The first-order valence-corrected chi connectivity index (χ1v) is 6.53. The Balaban J connectivity index is 2.61. The van der Waals surface area contributed by atoms with E-state index in [1.54, 1.807) is 25.1 Å². The van der Waals surface area contributed by atoms with Gasteiger partial charge in [0.1, 0.15) is 5.75 Å². The van der Waals surface area contributed by atoms with Gasteiger partial charge in [-0.2, -0.15) is 0 Å². The zero-order chi connectivity index (χ0) is 14.4. The summed E-state index contributed by atoms with van der Waals surface area (Å²) in [4.78, 5) is 22.9. The van der Waals surface area contributed by atoms with Gasteiger partial charge in [0.2, 0.25) is 0 Å². The monoisotopic (exact) mass is 329 g/mol. The van der Waals surface area contributed by atoms with E-state index in [0.29, 0.717) is 18.0 Å². The summed E-state index contributed by atoms with van der Waals surface area (Å²) < 4.78 is 6.22. The zero-order valence-corrected chi connectivity index (χ0v) is 12.3. The molecule has 1 aromatic rings. The molecule has 0 saturated carbocycles. The summed E-state index contributed by atoms with van der Waals surface area (Å²) in [7, 11) is 0. The fourth-order valence-corrected chi connectivity index (χ4v) is 1.67. The number of nitrogens with one attached hydrogen (secondary N) is 2. The van der Waals surface area contributed by atoms with Crippen molar-refractivity contribution in [3.8, 4) is 5.75 Å².